The molecule has 1 heterocycles. The first kappa shape index (κ1) is 17.9. The van der Waals surface area contributed by atoms with Gasteiger partial charge < -0.3 is 15.4 Å². The maximum atomic E-state index is 5.86. The van der Waals surface area contributed by atoms with E-state index in [0.29, 0.717) is 18.7 Å². The summed E-state index contributed by atoms with van der Waals surface area (Å²) in [4.78, 5) is 2.43. The minimum absolute atomic E-state index is 0.332. The summed E-state index contributed by atoms with van der Waals surface area (Å²) in [6.45, 7) is 7.09. The van der Waals surface area contributed by atoms with Crippen LogP contribution in [0.2, 0.25) is 0 Å². The van der Waals surface area contributed by atoms with Gasteiger partial charge in [0.25, 0.3) is 0 Å². The second-order valence-corrected chi connectivity index (χ2v) is 6.81. The van der Waals surface area contributed by atoms with Crippen LogP contribution in [0.25, 0.3) is 0 Å². The summed E-state index contributed by atoms with van der Waals surface area (Å²) in [6, 6.07) is 19.6. The predicted molar refractivity (Wildman–Crippen MR) is 103 cm³/mol. The summed E-state index contributed by atoms with van der Waals surface area (Å²) < 4.78 is 5.86. The van der Waals surface area contributed by atoms with Gasteiger partial charge in [-0.2, -0.15) is 0 Å². The van der Waals surface area contributed by atoms with Crippen LogP contribution in [0, 0.1) is 0 Å². The van der Waals surface area contributed by atoms with E-state index < -0.39 is 0 Å². The van der Waals surface area contributed by atoms with Crippen LogP contribution in [0.15, 0.2) is 54.6 Å². The summed E-state index contributed by atoms with van der Waals surface area (Å²) in [5.74, 6) is 0.913. The highest BCUT2D eigenvalue weighted by atomic mass is 16.5. The van der Waals surface area contributed by atoms with E-state index in [4.69, 9.17) is 4.74 Å². The highest BCUT2D eigenvalue weighted by Crippen LogP contribution is 2.19. The smallest absolute Gasteiger partial charge is 0.119 e. The number of benzene rings is 2. The van der Waals surface area contributed by atoms with Crippen molar-refractivity contribution in [3.05, 3.63) is 65.7 Å². The molecule has 134 valence electrons. The van der Waals surface area contributed by atoms with Gasteiger partial charge >= 0.3 is 0 Å². The maximum absolute atomic E-state index is 5.86. The van der Waals surface area contributed by atoms with Crippen molar-refractivity contribution in [1.82, 2.24) is 15.5 Å². The molecule has 0 aliphatic carbocycles. The Morgan fingerprint density at radius 1 is 1.16 bits per heavy atom. The first-order valence-electron chi connectivity index (χ1n) is 9.13. The van der Waals surface area contributed by atoms with Crippen LogP contribution in [0.4, 0.5) is 0 Å². The maximum Gasteiger partial charge on any atom is 0.119 e. The summed E-state index contributed by atoms with van der Waals surface area (Å²) in [6.07, 6.45) is 0. The molecule has 1 fully saturated rings. The largest absolute Gasteiger partial charge is 0.489 e. The van der Waals surface area contributed by atoms with Crippen LogP contribution in [0.5, 0.6) is 5.75 Å². The molecule has 4 nitrogen and oxygen atoms in total. The molecule has 2 atom stereocenters. The highest BCUT2D eigenvalue weighted by molar-refractivity contribution is 5.29. The van der Waals surface area contributed by atoms with Crippen molar-refractivity contribution >= 4 is 0 Å². The van der Waals surface area contributed by atoms with Crippen molar-refractivity contribution in [3.63, 3.8) is 0 Å². The summed E-state index contributed by atoms with van der Waals surface area (Å²) >= 11 is 0. The topological polar surface area (TPSA) is 36.5 Å². The Morgan fingerprint density at radius 3 is 2.64 bits per heavy atom. The molecular weight excluding hydrogens is 310 g/mol. The zero-order valence-corrected chi connectivity index (χ0v) is 15.2. The second-order valence-electron chi connectivity index (χ2n) is 6.81. The third-order valence-electron chi connectivity index (χ3n) is 4.93. The quantitative estimate of drug-likeness (QED) is 0.813. The minimum Gasteiger partial charge on any atom is -0.489 e. The Bertz CT molecular complexity index is 629. The molecule has 25 heavy (non-hydrogen) atoms. The molecule has 2 aromatic carbocycles. The van der Waals surface area contributed by atoms with Crippen LogP contribution in [-0.2, 0) is 6.61 Å². The number of hydrogen-bond donors (Lipinski definition) is 2. The van der Waals surface area contributed by atoms with Gasteiger partial charge in [0, 0.05) is 38.3 Å². The van der Waals surface area contributed by atoms with Gasteiger partial charge in [0.15, 0.2) is 0 Å². The summed E-state index contributed by atoms with van der Waals surface area (Å²) in [5, 5.41) is 7.12. The van der Waals surface area contributed by atoms with Crippen LogP contribution in [0.1, 0.15) is 24.1 Å². The van der Waals surface area contributed by atoms with Gasteiger partial charge in [0.2, 0.25) is 0 Å². The molecule has 2 unspecified atom stereocenters. The molecule has 0 amide bonds. The van der Waals surface area contributed by atoms with Gasteiger partial charge in [-0.3, -0.25) is 4.90 Å². The van der Waals surface area contributed by atoms with E-state index in [9.17, 15) is 0 Å². The van der Waals surface area contributed by atoms with Crippen LogP contribution >= 0.6 is 0 Å². The zero-order chi connectivity index (χ0) is 17.5. The van der Waals surface area contributed by atoms with E-state index >= 15 is 0 Å². The Hall–Kier alpha value is -1.88. The van der Waals surface area contributed by atoms with E-state index in [1.807, 2.05) is 18.2 Å². The van der Waals surface area contributed by atoms with E-state index in [1.165, 1.54) is 11.1 Å². The molecule has 3 rings (SSSR count). The molecule has 1 aliphatic rings. The van der Waals surface area contributed by atoms with Crippen LogP contribution < -0.4 is 15.4 Å². The summed E-state index contributed by atoms with van der Waals surface area (Å²) in [5.41, 5.74) is 2.48. The number of nitrogens with zero attached hydrogens (tertiary/aromatic N) is 1. The van der Waals surface area contributed by atoms with Gasteiger partial charge in [0.05, 0.1) is 0 Å². The fourth-order valence-electron chi connectivity index (χ4n) is 3.11. The molecule has 1 saturated heterocycles. The molecule has 0 spiro atoms. The highest BCUT2D eigenvalue weighted by Gasteiger charge is 2.18. The number of nitrogens with one attached hydrogen (secondary N) is 2. The fourth-order valence-corrected chi connectivity index (χ4v) is 3.11. The Kier molecular flexibility index (Phi) is 6.45. The Labute approximate surface area is 151 Å². The van der Waals surface area contributed by atoms with Crippen LogP contribution in [-0.4, -0.2) is 44.2 Å². The lowest BCUT2D eigenvalue weighted by atomic mass is 10.1. The normalized spacial score (nSPS) is 19.5. The molecule has 1 aliphatic heterocycles. The van der Waals surface area contributed by atoms with Crippen LogP contribution in [0.3, 0.4) is 0 Å². The zero-order valence-electron chi connectivity index (χ0n) is 15.2. The number of rotatable bonds is 7. The van der Waals surface area contributed by atoms with E-state index in [0.717, 1.165) is 31.9 Å². The third kappa shape index (κ3) is 5.30. The minimum atomic E-state index is 0.332. The number of likely N-dealkylation sites (N-methyl/N-ethyl adjacent to an activating group) is 1. The molecule has 2 aromatic rings. The Morgan fingerprint density at radius 2 is 1.92 bits per heavy atom. The van der Waals surface area contributed by atoms with Crippen molar-refractivity contribution < 1.29 is 4.74 Å². The lowest BCUT2D eigenvalue weighted by Crippen LogP contribution is -2.53. The predicted octanol–water partition coefficient (Wildman–Crippen LogP) is 2.82. The average molecular weight is 339 g/mol. The average Bonchev–Trinajstić information content (AvgIpc) is 2.67. The molecule has 0 bridgehead atoms. The van der Waals surface area contributed by atoms with Crippen molar-refractivity contribution in [3.8, 4) is 5.75 Å². The number of hydrogen-bond acceptors (Lipinski definition) is 4. The van der Waals surface area contributed by atoms with Crippen molar-refractivity contribution in [2.24, 2.45) is 0 Å². The second kappa shape index (κ2) is 8.99. The molecule has 4 heteroatoms. The van der Waals surface area contributed by atoms with Gasteiger partial charge in [-0.15, -0.1) is 0 Å². The van der Waals surface area contributed by atoms with Crippen molar-refractivity contribution in [2.45, 2.75) is 25.6 Å². The van der Waals surface area contributed by atoms with Gasteiger partial charge in [-0.25, -0.2) is 0 Å². The lowest BCUT2D eigenvalue weighted by molar-refractivity contribution is 0.192. The van der Waals surface area contributed by atoms with Gasteiger partial charge in [0.1, 0.15) is 12.4 Å². The van der Waals surface area contributed by atoms with Crippen molar-refractivity contribution in [2.75, 3.05) is 33.2 Å². The molecule has 2 N–H and O–H groups in total. The van der Waals surface area contributed by atoms with Crippen molar-refractivity contribution in [1.29, 1.82) is 0 Å². The lowest BCUT2D eigenvalue weighted by Gasteiger charge is -2.34. The fraction of sp³-hybridized carbons (Fsp3) is 0.429. The monoisotopic (exact) mass is 339 g/mol. The molecule has 0 radical (unpaired) electrons. The van der Waals surface area contributed by atoms with E-state index in [2.05, 4.69) is 65.9 Å². The SMILES string of the molecule is CC(NCC1CNCCN1C)c1ccc(OCc2ccccc2)cc1. The third-order valence-corrected chi connectivity index (χ3v) is 4.93. The standard InChI is InChI=1S/C21H29N3O/c1-17(23-15-20-14-22-12-13-24(20)2)19-8-10-21(11-9-19)25-16-18-6-4-3-5-7-18/h3-11,17,20,22-23H,12-16H2,1-2H3. The number of piperazine rings is 1. The van der Waals surface area contributed by atoms with E-state index in [1.54, 1.807) is 0 Å². The van der Waals surface area contributed by atoms with Gasteiger partial charge in [-0.1, -0.05) is 42.5 Å². The first-order valence-corrected chi connectivity index (χ1v) is 9.13. The summed E-state index contributed by atoms with van der Waals surface area (Å²) in [7, 11) is 2.21. The van der Waals surface area contributed by atoms with Gasteiger partial charge in [-0.05, 0) is 37.2 Å². The molecular formula is C21H29N3O. The first-order chi connectivity index (χ1) is 12.2. The van der Waals surface area contributed by atoms with E-state index in [-0.39, 0.29) is 0 Å². The number of ether oxygens (including phenoxy) is 1. The molecule has 0 aromatic heterocycles. The molecule has 0 saturated carbocycles. The Balaban J connectivity index is 1.47.